The molecule has 6 rings (SSSR count). The summed E-state index contributed by atoms with van der Waals surface area (Å²) in [5.41, 5.74) is 5.19. The third kappa shape index (κ3) is 2.10. The maximum absolute atomic E-state index is 12.1. The molecule has 0 aromatic heterocycles. The summed E-state index contributed by atoms with van der Waals surface area (Å²) in [4.78, 5) is 12.1. The molecular weight excluding hydrogens is 360 g/mol. The van der Waals surface area contributed by atoms with Crippen LogP contribution in [0.2, 0.25) is 0 Å². The van der Waals surface area contributed by atoms with Crippen molar-refractivity contribution in [1.82, 2.24) is 0 Å². The molecule has 5 aliphatic rings. The zero-order valence-electron chi connectivity index (χ0n) is 17.2. The highest BCUT2D eigenvalue weighted by Gasteiger charge is 2.74. The summed E-state index contributed by atoms with van der Waals surface area (Å²) in [6.45, 7) is 2.37. The van der Waals surface area contributed by atoms with Crippen LogP contribution < -0.4 is 0 Å². The van der Waals surface area contributed by atoms with Gasteiger partial charge in [0.15, 0.2) is 5.78 Å². The Kier molecular flexibility index (Phi) is 3.48. The largest absolute Gasteiger partial charge is 0.508 e. The van der Waals surface area contributed by atoms with E-state index in [1.54, 1.807) is 17.7 Å². The van der Waals surface area contributed by atoms with Crippen molar-refractivity contribution in [1.29, 1.82) is 0 Å². The summed E-state index contributed by atoms with van der Waals surface area (Å²) in [5.74, 6) is 1.36. The second kappa shape index (κ2) is 5.63. The number of ketones is 1. The van der Waals surface area contributed by atoms with Crippen LogP contribution in [-0.4, -0.2) is 21.6 Å². The molecule has 1 aromatic rings. The van der Waals surface area contributed by atoms with E-state index < -0.39 is 5.60 Å². The van der Waals surface area contributed by atoms with Crippen LogP contribution in [0.4, 0.5) is 0 Å². The number of aromatic hydroxyl groups is 1. The van der Waals surface area contributed by atoms with Crippen molar-refractivity contribution in [2.24, 2.45) is 16.7 Å². The Morgan fingerprint density at radius 1 is 1.00 bits per heavy atom. The van der Waals surface area contributed by atoms with Crippen molar-refractivity contribution >= 4 is 5.78 Å². The average molecular weight is 391 g/mol. The van der Waals surface area contributed by atoms with Gasteiger partial charge in [0.2, 0.25) is 0 Å². The number of benzene rings is 1. The molecule has 29 heavy (non-hydrogen) atoms. The Bertz CT molecular complexity index is 958. The minimum absolute atomic E-state index is 0.0526. The first-order valence-corrected chi connectivity index (χ1v) is 11.3. The van der Waals surface area contributed by atoms with Crippen LogP contribution in [-0.2, 0) is 4.79 Å². The third-order valence-corrected chi connectivity index (χ3v) is 9.82. The number of carbonyl (C=O) groups excluding carboxylic acids is 1. The van der Waals surface area contributed by atoms with Crippen LogP contribution in [0.5, 0.6) is 5.75 Å². The highest BCUT2D eigenvalue weighted by Crippen LogP contribution is 2.78. The fraction of sp³-hybridized carbons (Fsp3) is 0.577. The van der Waals surface area contributed by atoms with Crippen molar-refractivity contribution in [3.8, 4) is 5.75 Å². The molecule has 1 unspecified atom stereocenters. The molecule has 3 heteroatoms. The number of hydrogen-bond acceptors (Lipinski definition) is 3. The van der Waals surface area contributed by atoms with Crippen LogP contribution >= 0.6 is 0 Å². The van der Waals surface area contributed by atoms with Gasteiger partial charge in [-0.1, -0.05) is 24.6 Å². The van der Waals surface area contributed by atoms with E-state index in [2.05, 4.69) is 19.1 Å². The highest BCUT2D eigenvalue weighted by molar-refractivity contribution is 5.93. The van der Waals surface area contributed by atoms with Crippen molar-refractivity contribution < 1.29 is 15.0 Å². The molecular formula is C26H30O3. The molecule has 0 amide bonds. The first-order chi connectivity index (χ1) is 13.9. The number of hydrogen-bond donors (Lipinski definition) is 2. The van der Waals surface area contributed by atoms with E-state index in [1.807, 2.05) is 6.08 Å². The van der Waals surface area contributed by atoms with E-state index in [4.69, 9.17) is 0 Å². The number of aliphatic hydroxyl groups is 1. The Morgan fingerprint density at radius 3 is 2.45 bits per heavy atom. The van der Waals surface area contributed by atoms with E-state index in [0.717, 1.165) is 51.4 Å². The van der Waals surface area contributed by atoms with E-state index >= 15 is 0 Å². The maximum Gasteiger partial charge on any atom is 0.156 e. The third-order valence-electron chi connectivity index (χ3n) is 9.82. The topological polar surface area (TPSA) is 57.5 Å². The molecule has 152 valence electrons. The van der Waals surface area contributed by atoms with Crippen molar-refractivity contribution in [2.45, 2.75) is 76.2 Å². The number of rotatable bonds is 1. The lowest BCUT2D eigenvalue weighted by molar-refractivity contribution is -0.114. The molecule has 3 fully saturated rings. The highest BCUT2D eigenvalue weighted by atomic mass is 16.3. The lowest BCUT2D eigenvalue weighted by Gasteiger charge is -2.58. The van der Waals surface area contributed by atoms with Gasteiger partial charge >= 0.3 is 0 Å². The molecule has 3 atom stereocenters. The maximum atomic E-state index is 12.1. The number of phenols is 1. The molecule has 0 spiro atoms. The fourth-order valence-corrected chi connectivity index (χ4v) is 8.33. The minimum Gasteiger partial charge on any atom is -0.508 e. The van der Waals surface area contributed by atoms with Crippen LogP contribution in [0, 0.1) is 16.7 Å². The van der Waals surface area contributed by atoms with Crippen LogP contribution in [0.15, 0.2) is 47.1 Å². The van der Waals surface area contributed by atoms with Gasteiger partial charge in [0, 0.05) is 17.8 Å². The minimum atomic E-state index is -0.531. The summed E-state index contributed by atoms with van der Waals surface area (Å²) < 4.78 is 0. The van der Waals surface area contributed by atoms with E-state index in [9.17, 15) is 15.0 Å². The summed E-state index contributed by atoms with van der Waals surface area (Å²) in [5, 5.41) is 21.5. The Balaban J connectivity index is 1.58. The average Bonchev–Trinajstić information content (AvgIpc) is 3.08. The fourth-order valence-electron chi connectivity index (χ4n) is 8.33. The molecule has 0 aliphatic heterocycles. The van der Waals surface area contributed by atoms with Gasteiger partial charge in [0.05, 0.1) is 5.60 Å². The van der Waals surface area contributed by atoms with Crippen LogP contribution in [0.3, 0.4) is 0 Å². The molecule has 2 bridgehead atoms. The number of allylic oxidation sites excluding steroid dienone is 4. The van der Waals surface area contributed by atoms with E-state index in [0.29, 0.717) is 18.1 Å². The molecule has 1 aromatic carbocycles. The van der Waals surface area contributed by atoms with Crippen LogP contribution in [0.1, 0.15) is 76.2 Å². The zero-order valence-corrected chi connectivity index (χ0v) is 17.2. The number of phenolic OH excluding ortho intramolecular Hbond substituents is 1. The SMILES string of the molecule is C[C@]12C[C@H](c3ccc(O)cc3)C3=C4CCC(=O)C=C4CCC3C13CCC2(O)CC3. The number of fused-ring (bicyclic) bond motifs is 2. The predicted molar refractivity (Wildman–Crippen MR) is 111 cm³/mol. The quantitative estimate of drug-likeness (QED) is 0.694. The summed E-state index contributed by atoms with van der Waals surface area (Å²) in [6.07, 6.45) is 10.7. The number of carbonyl (C=O) groups is 1. The summed E-state index contributed by atoms with van der Waals surface area (Å²) >= 11 is 0. The monoisotopic (exact) mass is 390 g/mol. The van der Waals surface area contributed by atoms with Gasteiger partial charge in [-0.25, -0.2) is 0 Å². The van der Waals surface area contributed by atoms with Gasteiger partial charge in [0.25, 0.3) is 0 Å². The van der Waals surface area contributed by atoms with Gasteiger partial charge in [-0.15, -0.1) is 0 Å². The molecule has 2 N–H and O–H groups in total. The predicted octanol–water partition coefficient (Wildman–Crippen LogP) is 5.19. The van der Waals surface area contributed by atoms with Crippen molar-refractivity contribution in [2.75, 3.05) is 0 Å². The molecule has 0 heterocycles. The molecule has 3 nitrogen and oxygen atoms in total. The van der Waals surface area contributed by atoms with Gasteiger partial charge in [0.1, 0.15) is 5.75 Å². The molecule has 0 radical (unpaired) electrons. The molecule has 5 aliphatic carbocycles. The van der Waals surface area contributed by atoms with E-state index in [1.165, 1.54) is 16.7 Å². The molecule has 3 saturated carbocycles. The van der Waals surface area contributed by atoms with Gasteiger partial charge in [-0.3, -0.25) is 4.79 Å². The second-order valence-electron chi connectivity index (χ2n) is 10.5. The second-order valence-corrected chi connectivity index (χ2v) is 10.5. The smallest absolute Gasteiger partial charge is 0.156 e. The first-order valence-electron chi connectivity index (χ1n) is 11.3. The van der Waals surface area contributed by atoms with Gasteiger partial charge in [-0.05, 0) is 97.6 Å². The normalized spacial score (nSPS) is 43.0. The van der Waals surface area contributed by atoms with Crippen molar-refractivity contribution in [3.05, 3.63) is 52.6 Å². The van der Waals surface area contributed by atoms with Crippen LogP contribution in [0.25, 0.3) is 0 Å². The lowest BCUT2D eigenvalue weighted by atomic mass is 9.46. The summed E-state index contributed by atoms with van der Waals surface area (Å²) in [7, 11) is 0. The Labute approximate surface area is 172 Å². The Hall–Kier alpha value is -1.87. The zero-order chi connectivity index (χ0) is 20.0. The van der Waals surface area contributed by atoms with E-state index in [-0.39, 0.29) is 22.5 Å². The van der Waals surface area contributed by atoms with Crippen molar-refractivity contribution in [3.63, 3.8) is 0 Å². The standard InChI is InChI=1S/C26H30O3/c1-24-15-21(16-2-5-18(27)6-3-16)23-20-8-7-19(28)14-17(20)4-9-22(23)25(24)10-12-26(24,29)13-11-25/h2-3,5-6,14,21-22,27,29H,4,7-13,15H2,1H3/t21-,22?,24+,25?,26?/m1/s1. The Morgan fingerprint density at radius 2 is 1.72 bits per heavy atom. The first kappa shape index (κ1) is 17.9. The molecule has 0 saturated heterocycles. The van der Waals surface area contributed by atoms with Gasteiger partial charge < -0.3 is 10.2 Å². The summed E-state index contributed by atoms with van der Waals surface area (Å²) in [6, 6.07) is 7.73. The lowest BCUT2D eigenvalue weighted by Crippen LogP contribution is -2.52. The van der Waals surface area contributed by atoms with Gasteiger partial charge in [-0.2, -0.15) is 0 Å².